The summed E-state index contributed by atoms with van der Waals surface area (Å²) in [5.41, 5.74) is 0. The summed E-state index contributed by atoms with van der Waals surface area (Å²) in [6, 6.07) is 0.101. The number of aromatic nitrogens is 2. The van der Waals surface area contributed by atoms with Crippen LogP contribution in [-0.4, -0.2) is 65.2 Å². The highest BCUT2D eigenvalue weighted by Gasteiger charge is 2.32. The quantitative estimate of drug-likeness (QED) is 0.835. The Morgan fingerprint density at radius 3 is 2.38 bits per heavy atom. The van der Waals surface area contributed by atoms with Gasteiger partial charge in [0.15, 0.2) is 5.82 Å². The number of ether oxygens (including phenoxy) is 1. The first-order valence-corrected chi connectivity index (χ1v) is 9.00. The van der Waals surface area contributed by atoms with Gasteiger partial charge in [0.1, 0.15) is 0 Å². The van der Waals surface area contributed by atoms with Crippen molar-refractivity contribution in [3.63, 3.8) is 0 Å². The molecule has 2 saturated heterocycles. The Morgan fingerprint density at radius 1 is 1.12 bits per heavy atom. The minimum absolute atomic E-state index is 0.101. The number of likely N-dealkylation sites (tertiary alicyclic amines) is 1. The second-order valence-electron chi connectivity index (χ2n) is 7.07. The molecule has 7 nitrogen and oxygen atoms in total. The molecule has 0 bridgehead atoms. The van der Waals surface area contributed by atoms with Gasteiger partial charge >= 0.3 is 0 Å². The number of carbonyl (C=O) groups excluding carboxylic acids is 1. The monoisotopic (exact) mass is 336 g/mol. The molecule has 134 valence electrons. The van der Waals surface area contributed by atoms with Crippen LogP contribution in [0, 0.1) is 5.92 Å². The van der Waals surface area contributed by atoms with E-state index < -0.39 is 0 Å². The number of nitrogens with zero attached hydrogens (tertiary/aromatic N) is 4. The van der Waals surface area contributed by atoms with Gasteiger partial charge in [-0.1, -0.05) is 19.0 Å². The van der Waals surface area contributed by atoms with Crippen molar-refractivity contribution in [2.75, 3.05) is 39.4 Å². The molecule has 1 aromatic heterocycles. The maximum absolute atomic E-state index is 12.6. The van der Waals surface area contributed by atoms with E-state index in [0.717, 1.165) is 44.8 Å². The highest BCUT2D eigenvalue weighted by atomic mass is 16.5. The summed E-state index contributed by atoms with van der Waals surface area (Å²) in [5, 5.41) is 4.05. The van der Waals surface area contributed by atoms with Gasteiger partial charge in [-0.3, -0.25) is 9.69 Å². The lowest BCUT2D eigenvalue weighted by molar-refractivity contribution is -0.141. The van der Waals surface area contributed by atoms with Crippen LogP contribution in [0.5, 0.6) is 0 Å². The van der Waals surface area contributed by atoms with Crippen LogP contribution >= 0.6 is 0 Å². The van der Waals surface area contributed by atoms with Crippen LogP contribution in [0.3, 0.4) is 0 Å². The van der Waals surface area contributed by atoms with E-state index in [1.807, 2.05) is 4.90 Å². The zero-order valence-electron chi connectivity index (χ0n) is 14.9. The van der Waals surface area contributed by atoms with Crippen molar-refractivity contribution in [1.29, 1.82) is 0 Å². The molecule has 3 rings (SSSR count). The Hall–Kier alpha value is -1.47. The zero-order valence-corrected chi connectivity index (χ0v) is 14.9. The molecule has 2 aliphatic rings. The third kappa shape index (κ3) is 3.78. The normalized spacial score (nSPS) is 22.1. The molecule has 0 aliphatic carbocycles. The molecule has 1 aromatic rings. The van der Waals surface area contributed by atoms with Crippen LogP contribution in [0.1, 0.15) is 57.3 Å². The first-order chi connectivity index (χ1) is 11.6. The van der Waals surface area contributed by atoms with Crippen molar-refractivity contribution < 1.29 is 14.1 Å². The second kappa shape index (κ2) is 7.61. The minimum atomic E-state index is 0.101. The van der Waals surface area contributed by atoms with Crippen molar-refractivity contribution in [3.05, 3.63) is 11.7 Å². The van der Waals surface area contributed by atoms with Crippen molar-refractivity contribution in [1.82, 2.24) is 19.9 Å². The molecule has 0 aromatic carbocycles. The fourth-order valence-corrected chi connectivity index (χ4v) is 3.38. The predicted molar refractivity (Wildman–Crippen MR) is 88.5 cm³/mol. The van der Waals surface area contributed by atoms with E-state index >= 15 is 0 Å². The molecule has 24 heavy (non-hydrogen) atoms. The molecule has 2 fully saturated rings. The van der Waals surface area contributed by atoms with Gasteiger partial charge in [0.25, 0.3) is 0 Å². The fraction of sp³-hybridized carbons (Fsp3) is 0.824. The van der Waals surface area contributed by atoms with Crippen molar-refractivity contribution >= 4 is 5.91 Å². The van der Waals surface area contributed by atoms with Crippen molar-refractivity contribution in [2.24, 2.45) is 5.92 Å². The Labute approximate surface area is 143 Å². The minimum Gasteiger partial charge on any atom is -0.378 e. The SMILES string of the molecule is CC(C)c1noc(C(C)N2CCC(C(=O)N3CCOCC3)CC2)n1. The van der Waals surface area contributed by atoms with E-state index in [1.165, 1.54) is 0 Å². The van der Waals surface area contributed by atoms with Gasteiger partial charge < -0.3 is 14.2 Å². The van der Waals surface area contributed by atoms with E-state index in [4.69, 9.17) is 9.26 Å². The van der Waals surface area contributed by atoms with E-state index in [9.17, 15) is 4.79 Å². The molecule has 0 spiro atoms. The fourth-order valence-electron chi connectivity index (χ4n) is 3.38. The molecule has 0 N–H and O–H groups in total. The predicted octanol–water partition coefficient (Wildman–Crippen LogP) is 1.82. The van der Waals surface area contributed by atoms with E-state index in [0.29, 0.717) is 25.0 Å². The average molecular weight is 336 g/mol. The zero-order chi connectivity index (χ0) is 17.1. The van der Waals surface area contributed by atoms with Gasteiger partial charge in [-0.2, -0.15) is 4.98 Å². The maximum atomic E-state index is 12.6. The molecular formula is C17H28N4O3. The van der Waals surface area contributed by atoms with Gasteiger partial charge in [-0.05, 0) is 32.9 Å². The summed E-state index contributed by atoms with van der Waals surface area (Å²) in [5.74, 6) is 2.14. The van der Waals surface area contributed by atoms with Crippen LogP contribution in [0.25, 0.3) is 0 Å². The lowest BCUT2D eigenvalue weighted by Crippen LogP contribution is -2.47. The summed E-state index contributed by atoms with van der Waals surface area (Å²) >= 11 is 0. The molecule has 0 saturated carbocycles. The second-order valence-corrected chi connectivity index (χ2v) is 7.07. The Balaban J connectivity index is 1.53. The van der Waals surface area contributed by atoms with Crippen LogP contribution in [-0.2, 0) is 9.53 Å². The summed E-state index contributed by atoms with van der Waals surface area (Å²) in [4.78, 5) is 21.4. The van der Waals surface area contributed by atoms with E-state index in [2.05, 4.69) is 35.8 Å². The number of piperidine rings is 1. The van der Waals surface area contributed by atoms with Gasteiger partial charge in [-0.25, -0.2) is 0 Å². The molecule has 1 atom stereocenters. The first-order valence-electron chi connectivity index (χ1n) is 9.00. The Kier molecular flexibility index (Phi) is 5.50. The Morgan fingerprint density at radius 2 is 1.79 bits per heavy atom. The van der Waals surface area contributed by atoms with E-state index in [1.54, 1.807) is 0 Å². The highest BCUT2D eigenvalue weighted by molar-refractivity contribution is 5.79. The van der Waals surface area contributed by atoms with Gasteiger partial charge in [0.2, 0.25) is 11.8 Å². The smallest absolute Gasteiger partial charge is 0.243 e. The van der Waals surface area contributed by atoms with Gasteiger partial charge in [-0.15, -0.1) is 0 Å². The molecular weight excluding hydrogens is 308 g/mol. The van der Waals surface area contributed by atoms with Crippen molar-refractivity contribution in [3.8, 4) is 0 Å². The first kappa shape index (κ1) is 17.4. The molecule has 1 amide bonds. The van der Waals surface area contributed by atoms with Crippen LogP contribution < -0.4 is 0 Å². The van der Waals surface area contributed by atoms with Crippen LogP contribution in [0.15, 0.2) is 4.52 Å². The highest BCUT2D eigenvalue weighted by Crippen LogP contribution is 2.27. The average Bonchev–Trinajstić information content (AvgIpc) is 3.12. The molecule has 0 radical (unpaired) electrons. The van der Waals surface area contributed by atoms with Gasteiger partial charge in [0, 0.05) is 24.9 Å². The van der Waals surface area contributed by atoms with Crippen LogP contribution in [0.2, 0.25) is 0 Å². The Bertz CT molecular complexity index is 546. The third-order valence-electron chi connectivity index (χ3n) is 5.08. The lowest BCUT2D eigenvalue weighted by atomic mass is 9.94. The summed E-state index contributed by atoms with van der Waals surface area (Å²) in [7, 11) is 0. The number of hydrogen-bond acceptors (Lipinski definition) is 6. The number of carbonyl (C=O) groups is 1. The third-order valence-corrected chi connectivity index (χ3v) is 5.08. The van der Waals surface area contributed by atoms with Crippen molar-refractivity contribution in [2.45, 2.75) is 45.6 Å². The number of rotatable bonds is 4. The topological polar surface area (TPSA) is 71.7 Å². The van der Waals surface area contributed by atoms with Gasteiger partial charge in [0.05, 0.1) is 19.3 Å². The molecule has 7 heteroatoms. The summed E-state index contributed by atoms with van der Waals surface area (Å²) in [6.07, 6.45) is 1.79. The largest absolute Gasteiger partial charge is 0.378 e. The maximum Gasteiger partial charge on any atom is 0.243 e. The lowest BCUT2D eigenvalue weighted by Gasteiger charge is -2.37. The molecule has 1 unspecified atom stereocenters. The number of morpholine rings is 1. The summed E-state index contributed by atoms with van der Waals surface area (Å²) < 4.78 is 10.7. The number of hydrogen-bond donors (Lipinski definition) is 0. The summed E-state index contributed by atoms with van der Waals surface area (Å²) in [6.45, 7) is 10.8. The molecule has 2 aliphatic heterocycles. The number of amides is 1. The molecule has 3 heterocycles. The standard InChI is InChI=1S/C17H28N4O3/c1-12(2)15-18-16(24-19-15)13(3)20-6-4-14(5-7-20)17(22)21-8-10-23-11-9-21/h12-14H,4-11H2,1-3H3. The van der Waals surface area contributed by atoms with Crippen LogP contribution in [0.4, 0.5) is 0 Å². The van der Waals surface area contributed by atoms with E-state index in [-0.39, 0.29) is 17.9 Å².